The molecule has 0 aliphatic heterocycles. The van der Waals surface area contributed by atoms with Crippen molar-refractivity contribution in [2.45, 2.75) is 13.8 Å². The fraction of sp³-hybridized carbons (Fsp3) is 0.118. The van der Waals surface area contributed by atoms with Gasteiger partial charge in [-0.3, -0.25) is 0 Å². The summed E-state index contributed by atoms with van der Waals surface area (Å²) in [4.78, 5) is 1.36. The van der Waals surface area contributed by atoms with Crippen LogP contribution in [-0.2, 0) is 0 Å². The summed E-state index contributed by atoms with van der Waals surface area (Å²) in [5.41, 5.74) is 3.81. The van der Waals surface area contributed by atoms with Crippen LogP contribution in [-0.4, -0.2) is 0 Å². The molecule has 0 fully saturated rings. The van der Waals surface area contributed by atoms with Gasteiger partial charge in [0.1, 0.15) is 0 Å². The molecule has 1 heterocycles. The molecule has 0 saturated carbocycles. The summed E-state index contributed by atoms with van der Waals surface area (Å²) >= 11 is 1.85. The molecular weight excluding hydrogens is 250 g/mol. The van der Waals surface area contributed by atoms with Crippen LogP contribution in [0.15, 0.2) is 60.7 Å². The van der Waals surface area contributed by atoms with Crippen LogP contribution in [0.5, 0.6) is 0 Å². The van der Waals surface area contributed by atoms with Gasteiger partial charge in [0.25, 0.3) is 5.01 Å². The first-order chi connectivity index (χ1) is 9.27. The van der Waals surface area contributed by atoms with E-state index in [-0.39, 0.29) is 0 Å². The van der Waals surface area contributed by atoms with Crippen molar-refractivity contribution < 1.29 is 4.57 Å². The zero-order chi connectivity index (χ0) is 13.2. The fourth-order valence-corrected chi connectivity index (χ4v) is 3.35. The van der Waals surface area contributed by atoms with E-state index in [9.17, 15) is 0 Å². The van der Waals surface area contributed by atoms with Gasteiger partial charge in [-0.2, -0.15) is 0 Å². The van der Waals surface area contributed by atoms with E-state index >= 15 is 0 Å². The standard InChI is InChI=1S/C17H16NS/c1-13-14(2)19-17(15-9-5-3-6-10-15)18(13)16-11-7-4-8-12-16/h3-12H,1-2H3/q+1. The quantitative estimate of drug-likeness (QED) is 0.609. The Morgan fingerprint density at radius 3 is 2.00 bits per heavy atom. The van der Waals surface area contributed by atoms with Gasteiger partial charge in [-0.05, 0) is 19.1 Å². The van der Waals surface area contributed by atoms with Crippen molar-refractivity contribution in [1.29, 1.82) is 0 Å². The summed E-state index contributed by atoms with van der Waals surface area (Å²) in [6.07, 6.45) is 0. The molecule has 0 aliphatic rings. The van der Waals surface area contributed by atoms with Crippen molar-refractivity contribution in [2.24, 2.45) is 0 Å². The molecule has 0 N–H and O–H groups in total. The molecule has 0 unspecified atom stereocenters. The molecule has 0 spiro atoms. The minimum absolute atomic E-state index is 1.23. The highest BCUT2D eigenvalue weighted by Gasteiger charge is 2.24. The Labute approximate surface area is 117 Å². The van der Waals surface area contributed by atoms with E-state index < -0.39 is 0 Å². The second kappa shape index (κ2) is 4.98. The van der Waals surface area contributed by atoms with E-state index in [4.69, 9.17) is 0 Å². The third-order valence-electron chi connectivity index (χ3n) is 3.33. The van der Waals surface area contributed by atoms with Gasteiger partial charge in [0.15, 0.2) is 5.69 Å². The molecule has 0 bridgehead atoms. The maximum Gasteiger partial charge on any atom is 0.275 e. The number of hydrogen-bond donors (Lipinski definition) is 0. The average Bonchev–Trinajstić information content (AvgIpc) is 2.77. The maximum atomic E-state index is 2.34. The third kappa shape index (κ3) is 2.20. The van der Waals surface area contributed by atoms with Gasteiger partial charge >= 0.3 is 0 Å². The van der Waals surface area contributed by atoms with E-state index in [0.717, 1.165) is 0 Å². The van der Waals surface area contributed by atoms with Crippen molar-refractivity contribution in [2.75, 3.05) is 0 Å². The first kappa shape index (κ1) is 12.1. The van der Waals surface area contributed by atoms with E-state index in [1.165, 1.54) is 26.8 Å². The van der Waals surface area contributed by atoms with Crippen molar-refractivity contribution in [3.8, 4) is 16.3 Å². The normalized spacial score (nSPS) is 10.6. The topological polar surface area (TPSA) is 3.88 Å². The summed E-state index contributed by atoms with van der Waals surface area (Å²) in [5.74, 6) is 0. The minimum atomic E-state index is 1.23. The fourth-order valence-electron chi connectivity index (χ4n) is 2.23. The number of thiazole rings is 1. The molecule has 0 radical (unpaired) electrons. The number of benzene rings is 2. The lowest BCUT2D eigenvalue weighted by molar-refractivity contribution is -0.586. The SMILES string of the molecule is Cc1sc(-c2ccccc2)[n+](-c2ccccc2)c1C. The zero-order valence-corrected chi connectivity index (χ0v) is 11.9. The molecule has 3 rings (SSSR count). The largest absolute Gasteiger partial charge is 0.275 e. The number of aromatic nitrogens is 1. The van der Waals surface area contributed by atoms with Crippen LogP contribution < -0.4 is 4.57 Å². The lowest BCUT2D eigenvalue weighted by atomic mass is 10.2. The highest BCUT2D eigenvalue weighted by Crippen LogP contribution is 2.27. The van der Waals surface area contributed by atoms with Gasteiger partial charge in [0.2, 0.25) is 5.69 Å². The molecule has 2 heteroatoms. The summed E-state index contributed by atoms with van der Waals surface area (Å²) in [7, 11) is 0. The van der Waals surface area contributed by atoms with E-state index in [2.05, 4.69) is 79.1 Å². The Morgan fingerprint density at radius 1 is 0.789 bits per heavy atom. The molecule has 94 valence electrons. The van der Waals surface area contributed by atoms with Crippen molar-refractivity contribution in [3.05, 3.63) is 71.2 Å². The van der Waals surface area contributed by atoms with Crippen molar-refractivity contribution >= 4 is 11.3 Å². The summed E-state index contributed by atoms with van der Waals surface area (Å²) < 4.78 is 2.34. The summed E-state index contributed by atoms with van der Waals surface area (Å²) in [5, 5.41) is 1.29. The highest BCUT2D eigenvalue weighted by molar-refractivity contribution is 7.14. The molecule has 0 amide bonds. The van der Waals surface area contributed by atoms with Crippen LogP contribution in [0.4, 0.5) is 0 Å². The molecule has 2 aromatic carbocycles. The predicted octanol–water partition coefficient (Wildman–Crippen LogP) is 4.31. The lowest BCUT2D eigenvalue weighted by Gasteiger charge is -1.99. The summed E-state index contributed by atoms with van der Waals surface area (Å²) in [6.45, 7) is 4.37. The Morgan fingerprint density at radius 2 is 1.37 bits per heavy atom. The Hall–Kier alpha value is -1.93. The third-order valence-corrected chi connectivity index (χ3v) is 4.55. The molecular formula is C17H16NS+. The summed E-state index contributed by atoms with van der Waals surface area (Å²) in [6, 6.07) is 21.1. The highest BCUT2D eigenvalue weighted by atomic mass is 32.1. The van der Waals surface area contributed by atoms with Gasteiger partial charge in [-0.15, -0.1) is 4.57 Å². The number of hydrogen-bond acceptors (Lipinski definition) is 1. The Kier molecular flexibility index (Phi) is 3.18. The van der Waals surface area contributed by atoms with Crippen LogP contribution in [0.3, 0.4) is 0 Å². The first-order valence-corrected chi connectivity index (χ1v) is 7.22. The minimum Gasteiger partial charge on any atom is -0.147 e. The second-order valence-electron chi connectivity index (χ2n) is 4.59. The van der Waals surface area contributed by atoms with Gasteiger partial charge in [-0.1, -0.05) is 47.7 Å². The van der Waals surface area contributed by atoms with Gasteiger partial charge in [0, 0.05) is 19.1 Å². The lowest BCUT2D eigenvalue weighted by Crippen LogP contribution is -2.33. The number of para-hydroxylation sites is 1. The molecule has 19 heavy (non-hydrogen) atoms. The monoisotopic (exact) mass is 266 g/mol. The Bertz CT molecular complexity index is 684. The Balaban J connectivity index is 2.25. The first-order valence-electron chi connectivity index (χ1n) is 6.40. The zero-order valence-electron chi connectivity index (χ0n) is 11.1. The number of rotatable bonds is 2. The molecule has 0 atom stereocenters. The molecule has 1 aromatic heterocycles. The van der Waals surface area contributed by atoms with Crippen LogP contribution >= 0.6 is 11.3 Å². The van der Waals surface area contributed by atoms with E-state index in [1.807, 2.05) is 11.3 Å². The molecule has 0 aliphatic carbocycles. The molecule has 1 nitrogen and oxygen atoms in total. The van der Waals surface area contributed by atoms with E-state index in [0.29, 0.717) is 0 Å². The van der Waals surface area contributed by atoms with Crippen LogP contribution in [0.1, 0.15) is 10.6 Å². The second-order valence-corrected chi connectivity index (χ2v) is 5.79. The average molecular weight is 266 g/mol. The van der Waals surface area contributed by atoms with Crippen molar-refractivity contribution in [3.63, 3.8) is 0 Å². The van der Waals surface area contributed by atoms with Crippen LogP contribution in [0.2, 0.25) is 0 Å². The number of aryl methyl sites for hydroxylation is 1. The van der Waals surface area contributed by atoms with Gasteiger partial charge < -0.3 is 0 Å². The van der Waals surface area contributed by atoms with Gasteiger partial charge in [-0.25, -0.2) is 0 Å². The smallest absolute Gasteiger partial charge is 0.147 e. The molecule has 3 aromatic rings. The number of nitrogens with zero attached hydrogens (tertiary/aromatic N) is 1. The van der Waals surface area contributed by atoms with E-state index in [1.54, 1.807) is 0 Å². The molecule has 0 saturated heterocycles. The predicted molar refractivity (Wildman–Crippen MR) is 80.8 cm³/mol. The maximum absolute atomic E-state index is 2.34. The van der Waals surface area contributed by atoms with Crippen LogP contribution in [0.25, 0.3) is 16.3 Å². The van der Waals surface area contributed by atoms with Crippen molar-refractivity contribution in [1.82, 2.24) is 0 Å². The van der Waals surface area contributed by atoms with Crippen LogP contribution in [0, 0.1) is 13.8 Å². The van der Waals surface area contributed by atoms with Gasteiger partial charge in [0.05, 0.1) is 10.4 Å².